The molecule has 1 aliphatic heterocycles. The summed E-state index contributed by atoms with van der Waals surface area (Å²) < 4.78 is 2.34. The highest BCUT2D eigenvalue weighted by atomic mass is 32.1. The van der Waals surface area contributed by atoms with E-state index in [4.69, 9.17) is 12.2 Å². The zero-order chi connectivity index (χ0) is 21.4. The van der Waals surface area contributed by atoms with Crippen molar-refractivity contribution in [3.63, 3.8) is 0 Å². The molecule has 2 atom stereocenters. The van der Waals surface area contributed by atoms with E-state index in [2.05, 4.69) is 71.7 Å². The monoisotopic (exact) mass is 420 g/mol. The quantitative estimate of drug-likeness (QED) is 0.610. The van der Waals surface area contributed by atoms with E-state index in [0.717, 1.165) is 5.69 Å². The van der Waals surface area contributed by atoms with Crippen LogP contribution < -0.4 is 5.32 Å². The van der Waals surface area contributed by atoms with Gasteiger partial charge in [-0.05, 0) is 74.8 Å². The van der Waals surface area contributed by atoms with Gasteiger partial charge in [-0.15, -0.1) is 0 Å². The second kappa shape index (κ2) is 8.20. The Morgan fingerprint density at radius 2 is 1.80 bits per heavy atom. The van der Waals surface area contributed by atoms with Crippen molar-refractivity contribution in [2.75, 3.05) is 13.2 Å². The van der Waals surface area contributed by atoms with Crippen LogP contribution in [0.3, 0.4) is 0 Å². The molecule has 4 rings (SSSR count). The highest BCUT2D eigenvalue weighted by Gasteiger charge is 2.41. The number of pyridine rings is 1. The first kappa shape index (κ1) is 20.6. The number of benzene rings is 1. The summed E-state index contributed by atoms with van der Waals surface area (Å²) in [4.78, 5) is 6.68. The van der Waals surface area contributed by atoms with Crippen LogP contribution >= 0.6 is 12.2 Å². The first-order valence-electron chi connectivity index (χ1n) is 10.3. The predicted molar refractivity (Wildman–Crippen MR) is 124 cm³/mol. The Morgan fingerprint density at radius 3 is 2.43 bits per heavy atom. The molecule has 5 nitrogen and oxygen atoms in total. The molecule has 2 N–H and O–H groups in total. The van der Waals surface area contributed by atoms with Crippen molar-refractivity contribution in [1.82, 2.24) is 19.8 Å². The van der Waals surface area contributed by atoms with Crippen LogP contribution in [0.5, 0.6) is 0 Å². The molecule has 6 heteroatoms. The molecule has 3 aromatic rings. The summed E-state index contributed by atoms with van der Waals surface area (Å²) in [5.74, 6) is 0. The van der Waals surface area contributed by atoms with Crippen molar-refractivity contribution in [3.05, 3.63) is 82.4 Å². The molecule has 0 unspecified atom stereocenters. The van der Waals surface area contributed by atoms with E-state index >= 15 is 0 Å². The molecule has 1 aromatic carbocycles. The van der Waals surface area contributed by atoms with Crippen molar-refractivity contribution < 1.29 is 5.11 Å². The fraction of sp³-hybridized carbons (Fsp3) is 0.333. The lowest BCUT2D eigenvalue weighted by Crippen LogP contribution is -2.32. The van der Waals surface area contributed by atoms with Crippen LogP contribution in [0.1, 0.15) is 45.9 Å². The number of β-amino-alcohol motifs (C(OH)–C–C–N with tert-alkyl or cyclic N) is 1. The maximum absolute atomic E-state index is 9.70. The van der Waals surface area contributed by atoms with Crippen LogP contribution in [-0.2, 0) is 0 Å². The van der Waals surface area contributed by atoms with Crippen LogP contribution in [0.2, 0.25) is 0 Å². The topological polar surface area (TPSA) is 53.3 Å². The molecule has 0 spiro atoms. The highest BCUT2D eigenvalue weighted by molar-refractivity contribution is 7.80. The van der Waals surface area contributed by atoms with Gasteiger partial charge in [0.05, 0.1) is 30.1 Å². The summed E-state index contributed by atoms with van der Waals surface area (Å²) in [7, 11) is 0. The average Bonchev–Trinajstić information content (AvgIpc) is 3.20. The summed E-state index contributed by atoms with van der Waals surface area (Å²) in [5.41, 5.74) is 8.24. The van der Waals surface area contributed by atoms with E-state index in [-0.39, 0.29) is 18.7 Å². The fourth-order valence-corrected chi connectivity index (χ4v) is 5.01. The minimum atomic E-state index is -0.0721. The molecule has 0 saturated carbocycles. The molecule has 3 heterocycles. The van der Waals surface area contributed by atoms with Crippen molar-refractivity contribution in [2.24, 2.45) is 0 Å². The lowest BCUT2D eigenvalue weighted by molar-refractivity contribution is 0.223. The number of thiocarbonyl (C=S) groups is 1. The van der Waals surface area contributed by atoms with E-state index in [9.17, 15) is 5.11 Å². The van der Waals surface area contributed by atoms with Crippen LogP contribution in [0.25, 0.3) is 5.69 Å². The third-order valence-electron chi connectivity index (χ3n) is 5.99. The zero-order valence-electron chi connectivity index (χ0n) is 17.9. The van der Waals surface area contributed by atoms with Gasteiger partial charge in [0.25, 0.3) is 0 Å². The van der Waals surface area contributed by atoms with Crippen LogP contribution in [0.4, 0.5) is 0 Å². The number of aliphatic hydroxyl groups excluding tert-OH is 1. The predicted octanol–water partition coefficient (Wildman–Crippen LogP) is 4.07. The zero-order valence-corrected chi connectivity index (χ0v) is 18.7. The molecule has 0 aliphatic carbocycles. The third-order valence-corrected chi connectivity index (χ3v) is 6.34. The van der Waals surface area contributed by atoms with Crippen molar-refractivity contribution >= 4 is 17.3 Å². The number of aromatic nitrogens is 2. The number of rotatable bonds is 5. The Labute approximate surface area is 183 Å². The maximum Gasteiger partial charge on any atom is 0.170 e. The summed E-state index contributed by atoms with van der Waals surface area (Å²) >= 11 is 5.65. The highest BCUT2D eigenvalue weighted by Crippen LogP contribution is 2.41. The SMILES string of the molecule is Cc1cccc(C)c1-n1c(C)cc([C@H]2[C@H](c3ccccn3)NC(=S)N2CCO)c1C. The van der Waals surface area contributed by atoms with E-state index < -0.39 is 0 Å². The standard InChI is InChI=1S/C24H28N4OS/c1-15-8-7-9-16(2)22(15)28-17(3)14-19(18(28)4)23-21(20-10-5-6-11-25-20)26-24(30)27(23)12-13-29/h5-11,14,21,23,29H,12-13H2,1-4H3,(H,26,30)/t21-,23-/m0/s1. The van der Waals surface area contributed by atoms with Gasteiger partial charge in [-0.1, -0.05) is 24.3 Å². The number of hydrogen-bond donors (Lipinski definition) is 2. The second-order valence-electron chi connectivity index (χ2n) is 7.95. The normalized spacial score (nSPS) is 18.7. The van der Waals surface area contributed by atoms with Gasteiger partial charge >= 0.3 is 0 Å². The van der Waals surface area contributed by atoms with Crippen LogP contribution in [-0.4, -0.2) is 37.8 Å². The molecule has 30 heavy (non-hydrogen) atoms. The molecular formula is C24H28N4OS. The molecule has 1 saturated heterocycles. The largest absolute Gasteiger partial charge is 0.395 e. The first-order valence-corrected chi connectivity index (χ1v) is 10.7. The summed E-state index contributed by atoms with van der Waals surface area (Å²) in [6.45, 7) is 9.15. The second-order valence-corrected chi connectivity index (χ2v) is 8.33. The Morgan fingerprint density at radius 1 is 1.07 bits per heavy atom. The lowest BCUT2D eigenvalue weighted by atomic mass is 9.96. The van der Waals surface area contributed by atoms with E-state index in [1.54, 1.807) is 0 Å². The summed E-state index contributed by atoms with van der Waals surface area (Å²) in [6.07, 6.45) is 1.81. The van der Waals surface area contributed by atoms with Gasteiger partial charge in [-0.3, -0.25) is 4.98 Å². The molecule has 156 valence electrons. The summed E-state index contributed by atoms with van der Waals surface area (Å²) in [6, 6.07) is 14.5. The van der Waals surface area contributed by atoms with Gasteiger partial charge in [-0.25, -0.2) is 0 Å². The molecule has 0 radical (unpaired) electrons. The van der Waals surface area contributed by atoms with Crippen molar-refractivity contribution in [3.8, 4) is 5.69 Å². The third kappa shape index (κ3) is 3.40. The lowest BCUT2D eigenvalue weighted by Gasteiger charge is -2.27. The Kier molecular flexibility index (Phi) is 5.62. The van der Waals surface area contributed by atoms with Crippen molar-refractivity contribution in [2.45, 2.75) is 39.8 Å². The minimum absolute atomic E-state index is 0.0381. The molecule has 1 fully saturated rings. The molecule has 0 bridgehead atoms. The number of hydrogen-bond acceptors (Lipinski definition) is 3. The molecule has 1 aliphatic rings. The van der Waals surface area contributed by atoms with Gasteiger partial charge in [0, 0.05) is 24.1 Å². The molecule has 2 aromatic heterocycles. The number of aryl methyl sites for hydroxylation is 3. The van der Waals surface area contributed by atoms with Gasteiger partial charge in [0.2, 0.25) is 0 Å². The number of nitrogens with zero attached hydrogens (tertiary/aromatic N) is 3. The Hall–Kier alpha value is -2.70. The van der Waals surface area contributed by atoms with E-state index in [0.29, 0.717) is 11.7 Å². The van der Waals surface area contributed by atoms with Crippen LogP contribution in [0, 0.1) is 27.7 Å². The van der Waals surface area contributed by atoms with E-state index in [1.807, 2.05) is 24.4 Å². The van der Waals surface area contributed by atoms with Gasteiger partial charge in [0.15, 0.2) is 5.11 Å². The maximum atomic E-state index is 9.70. The first-order chi connectivity index (χ1) is 14.4. The minimum Gasteiger partial charge on any atom is -0.395 e. The van der Waals surface area contributed by atoms with E-state index in [1.165, 1.54) is 33.8 Å². The summed E-state index contributed by atoms with van der Waals surface area (Å²) in [5, 5.41) is 13.8. The average molecular weight is 421 g/mol. The Balaban J connectivity index is 1.87. The van der Waals surface area contributed by atoms with Gasteiger partial charge in [-0.2, -0.15) is 0 Å². The molecule has 0 amide bonds. The van der Waals surface area contributed by atoms with Crippen molar-refractivity contribution in [1.29, 1.82) is 0 Å². The van der Waals surface area contributed by atoms with Gasteiger partial charge < -0.3 is 19.9 Å². The number of nitrogens with one attached hydrogen (secondary N) is 1. The fourth-order valence-electron chi connectivity index (χ4n) is 4.68. The Bertz CT molecular complexity index is 1060. The smallest absolute Gasteiger partial charge is 0.170 e. The number of aliphatic hydroxyl groups is 1. The van der Waals surface area contributed by atoms with Gasteiger partial charge in [0.1, 0.15) is 0 Å². The van der Waals surface area contributed by atoms with Crippen LogP contribution in [0.15, 0.2) is 48.7 Å². The molecular weight excluding hydrogens is 392 g/mol. The number of para-hydroxylation sites is 1.